The van der Waals surface area contributed by atoms with Gasteiger partial charge in [0.15, 0.2) is 5.78 Å². The molecular weight excluding hydrogens is 466 g/mol. The molecule has 178 valence electrons. The molecule has 1 heterocycles. The molecule has 0 spiro atoms. The van der Waals surface area contributed by atoms with Crippen LogP contribution in [0, 0.1) is 5.92 Å². The SMILES string of the molecule is O=C(CC(CCCCN1C(=O)c2ccccc2C1=O)C(=O)O)c1ccc(-c2ccc(Cl)cc2)cc1. The van der Waals surface area contributed by atoms with Gasteiger partial charge in [-0.2, -0.15) is 0 Å². The van der Waals surface area contributed by atoms with Crippen LogP contribution in [-0.4, -0.2) is 40.1 Å². The topological polar surface area (TPSA) is 91.8 Å². The number of nitrogens with zero attached hydrogens (tertiary/aromatic N) is 1. The van der Waals surface area contributed by atoms with Gasteiger partial charge in [0.1, 0.15) is 0 Å². The number of Topliss-reactive ketones (excluding diaryl/α,β-unsaturated/α-hetero) is 1. The number of benzene rings is 3. The molecule has 1 unspecified atom stereocenters. The molecule has 0 saturated heterocycles. The molecule has 1 aliphatic heterocycles. The van der Waals surface area contributed by atoms with Gasteiger partial charge in [0.2, 0.25) is 0 Å². The number of carboxylic acids is 1. The van der Waals surface area contributed by atoms with Crippen molar-refractivity contribution in [1.82, 2.24) is 4.90 Å². The minimum atomic E-state index is -1.03. The van der Waals surface area contributed by atoms with Crippen molar-refractivity contribution in [2.45, 2.75) is 25.7 Å². The predicted octanol–water partition coefficient (Wildman–Crippen LogP) is 5.75. The Hall–Kier alpha value is -3.77. The molecule has 0 fully saturated rings. The summed E-state index contributed by atoms with van der Waals surface area (Å²) in [6, 6.07) is 21.1. The van der Waals surface area contributed by atoms with Crippen molar-refractivity contribution in [1.29, 1.82) is 0 Å². The van der Waals surface area contributed by atoms with Gasteiger partial charge in [-0.15, -0.1) is 0 Å². The zero-order chi connectivity index (χ0) is 24.9. The van der Waals surface area contributed by atoms with Crippen LogP contribution in [0.5, 0.6) is 0 Å². The Balaban J connectivity index is 1.29. The number of fused-ring (bicyclic) bond motifs is 1. The summed E-state index contributed by atoms with van der Waals surface area (Å²) in [7, 11) is 0. The second-order valence-electron chi connectivity index (χ2n) is 8.55. The summed E-state index contributed by atoms with van der Waals surface area (Å²) in [5.74, 6) is -2.74. The summed E-state index contributed by atoms with van der Waals surface area (Å²) >= 11 is 5.93. The molecule has 0 saturated carbocycles. The molecule has 3 aromatic rings. The lowest BCUT2D eigenvalue weighted by molar-refractivity contribution is -0.141. The van der Waals surface area contributed by atoms with E-state index in [4.69, 9.17) is 11.6 Å². The van der Waals surface area contributed by atoms with Crippen molar-refractivity contribution < 1.29 is 24.3 Å². The first kappa shape index (κ1) is 24.4. The van der Waals surface area contributed by atoms with Crippen molar-refractivity contribution in [2.75, 3.05) is 6.54 Å². The second-order valence-corrected chi connectivity index (χ2v) is 8.99. The van der Waals surface area contributed by atoms with E-state index in [1.807, 2.05) is 24.3 Å². The average molecular weight is 490 g/mol. The van der Waals surface area contributed by atoms with E-state index in [0.717, 1.165) is 11.1 Å². The standard InChI is InChI=1S/C28H24ClNO5/c29-22-14-12-19(13-15-22)18-8-10-20(11-9-18)25(31)17-21(28(34)35)5-3-4-16-30-26(32)23-6-1-2-7-24(23)27(30)33/h1-2,6-15,21H,3-5,16-17H2,(H,34,35). The largest absolute Gasteiger partial charge is 0.481 e. The number of hydrogen-bond donors (Lipinski definition) is 1. The number of aliphatic carboxylic acids is 1. The highest BCUT2D eigenvalue weighted by molar-refractivity contribution is 6.30. The minimum absolute atomic E-state index is 0.108. The number of rotatable bonds is 10. The summed E-state index contributed by atoms with van der Waals surface area (Å²) in [4.78, 5) is 50.6. The number of unbranched alkanes of at least 4 members (excludes halogenated alkanes) is 1. The molecule has 4 rings (SSSR count). The highest BCUT2D eigenvalue weighted by Crippen LogP contribution is 2.25. The van der Waals surface area contributed by atoms with E-state index < -0.39 is 11.9 Å². The molecule has 2 amide bonds. The number of imide groups is 1. The molecule has 7 heteroatoms. The van der Waals surface area contributed by atoms with Crippen LogP contribution in [0.2, 0.25) is 5.02 Å². The lowest BCUT2D eigenvalue weighted by Crippen LogP contribution is -2.30. The Kier molecular flexibility index (Phi) is 7.42. The average Bonchev–Trinajstić information content (AvgIpc) is 3.11. The van der Waals surface area contributed by atoms with E-state index in [0.29, 0.717) is 34.6 Å². The summed E-state index contributed by atoms with van der Waals surface area (Å²) in [6.45, 7) is 0.221. The molecule has 0 radical (unpaired) electrons. The van der Waals surface area contributed by atoms with Crippen LogP contribution >= 0.6 is 11.6 Å². The zero-order valence-corrected chi connectivity index (χ0v) is 19.7. The van der Waals surface area contributed by atoms with E-state index in [2.05, 4.69) is 0 Å². The number of amides is 2. The van der Waals surface area contributed by atoms with Crippen LogP contribution < -0.4 is 0 Å². The summed E-state index contributed by atoms with van der Waals surface area (Å²) in [6.07, 6.45) is 1.13. The molecule has 0 aromatic heterocycles. The molecule has 6 nitrogen and oxygen atoms in total. The first-order valence-corrected chi connectivity index (χ1v) is 11.8. The van der Waals surface area contributed by atoms with Gasteiger partial charge in [0.05, 0.1) is 17.0 Å². The third-order valence-corrected chi connectivity index (χ3v) is 6.48. The Labute approximate surface area is 208 Å². The zero-order valence-electron chi connectivity index (χ0n) is 18.9. The number of carboxylic acid groups (broad SMARTS) is 1. The molecule has 0 bridgehead atoms. The normalized spacial score (nSPS) is 13.6. The van der Waals surface area contributed by atoms with E-state index in [1.54, 1.807) is 48.5 Å². The third kappa shape index (κ3) is 5.49. The second kappa shape index (κ2) is 10.7. The van der Waals surface area contributed by atoms with Gasteiger partial charge < -0.3 is 5.11 Å². The maximum Gasteiger partial charge on any atom is 0.306 e. The molecule has 1 aliphatic rings. The monoisotopic (exact) mass is 489 g/mol. The van der Waals surface area contributed by atoms with Crippen molar-refractivity contribution in [3.8, 4) is 11.1 Å². The van der Waals surface area contributed by atoms with Crippen LogP contribution in [0.25, 0.3) is 11.1 Å². The smallest absolute Gasteiger partial charge is 0.306 e. The lowest BCUT2D eigenvalue weighted by atomic mass is 9.93. The fourth-order valence-corrected chi connectivity index (χ4v) is 4.37. The fourth-order valence-electron chi connectivity index (χ4n) is 4.25. The number of ketones is 1. The van der Waals surface area contributed by atoms with E-state index >= 15 is 0 Å². The number of carbonyl (C=O) groups excluding carboxylic acids is 3. The third-order valence-electron chi connectivity index (χ3n) is 6.23. The first-order chi connectivity index (χ1) is 16.8. The molecule has 35 heavy (non-hydrogen) atoms. The highest BCUT2D eigenvalue weighted by atomic mass is 35.5. The lowest BCUT2D eigenvalue weighted by Gasteiger charge is -2.15. The van der Waals surface area contributed by atoms with Gasteiger partial charge in [0.25, 0.3) is 11.8 Å². The highest BCUT2D eigenvalue weighted by Gasteiger charge is 2.34. The molecular formula is C28H24ClNO5. The van der Waals surface area contributed by atoms with Crippen molar-refractivity contribution in [3.63, 3.8) is 0 Å². The quantitative estimate of drug-likeness (QED) is 0.222. The predicted molar refractivity (Wildman–Crippen MR) is 133 cm³/mol. The minimum Gasteiger partial charge on any atom is -0.481 e. The Morgan fingerprint density at radius 1 is 0.800 bits per heavy atom. The fraction of sp³-hybridized carbons (Fsp3) is 0.214. The molecule has 3 aromatic carbocycles. The van der Waals surface area contributed by atoms with Gasteiger partial charge in [-0.3, -0.25) is 24.1 Å². The molecule has 1 atom stereocenters. The maximum atomic E-state index is 12.7. The molecule has 1 N–H and O–H groups in total. The van der Waals surface area contributed by atoms with Crippen LogP contribution in [0.4, 0.5) is 0 Å². The van der Waals surface area contributed by atoms with E-state index in [-0.39, 0.29) is 37.0 Å². The Morgan fingerprint density at radius 3 is 1.89 bits per heavy atom. The Morgan fingerprint density at radius 2 is 1.34 bits per heavy atom. The van der Waals surface area contributed by atoms with Gasteiger partial charge in [0, 0.05) is 23.6 Å². The maximum absolute atomic E-state index is 12.7. The van der Waals surface area contributed by atoms with Gasteiger partial charge in [-0.1, -0.05) is 66.6 Å². The van der Waals surface area contributed by atoms with Gasteiger partial charge in [-0.25, -0.2) is 0 Å². The van der Waals surface area contributed by atoms with Crippen LogP contribution in [0.15, 0.2) is 72.8 Å². The first-order valence-electron chi connectivity index (χ1n) is 11.4. The summed E-state index contributed by atoms with van der Waals surface area (Å²) in [5, 5.41) is 10.3. The Bertz CT molecular complexity index is 1230. The summed E-state index contributed by atoms with van der Waals surface area (Å²) < 4.78 is 0. The van der Waals surface area contributed by atoms with Gasteiger partial charge >= 0.3 is 5.97 Å². The van der Waals surface area contributed by atoms with Crippen LogP contribution in [0.1, 0.15) is 56.8 Å². The van der Waals surface area contributed by atoms with Crippen molar-refractivity contribution in [3.05, 3.63) is 94.5 Å². The van der Waals surface area contributed by atoms with Crippen LogP contribution in [0.3, 0.4) is 0 Å². The summed E-state index contributed by atoms with van der Waals surface area (Å²) in [5.41, 5.74) is 3.15. The van der Waals surface area contributed by atoms with Crippen molar-refractivity contribution >= 4 is 35.2 Å². The number of halogens is 1. The van der Waals surface area contributed by atoms with Crippen molar-refractivity contribution in [2.24, 2.45) is 5.92 Å². The number of hydrogen-bond acceptors (Lipinski definition) is 4. The number of carbonyl (C=O) groups is 4. The van der Waals surface area contributed by atoms with Crippen LogP contribution in [-0.2, 0) is 4.79 Å². The van der Waals surface area contributed by atoms with Gasteiger partial charge in [-0.05, 0) is 48.2 Å². The van der Waals surface area contributed by atoms with E-state index in [9.17, 15) is 24.3 Å². The van der Waals surface area contributed by atoms with E-state index in [1.165, 1.54) is 4.90 Å². The molecule has 0 aliphatic carbocycles.